The number of aryl methyl sites for hydroxylation is 1. The molecule has 2 rings (SSSR count). The van der Waals surface area contributed by atoms with Crippen LogP contribution in [0.3, 0.4) is 0 Å². The number of hydrogen-bond donors (Lipinski definition) is 1. The minimum atomic E-state index is 0.806. The molecule has 0 aliphatic rings. The molecule has 0 radical (unpaired) electrons. The summed E-state index contributed by atoms with van der Waals surface area (Å²) in [6.45, 7) is 2.86. The second-order valence-electron chi connectivity index (χ2n) is 4.04. The van der Waals surface area contributed by atoms with E-state index in [-0.39, 0.29) is 0 Å². The van der Waals surface area contributed by atoms with E-state index in [0.29, 0.717) is 0 Å². The smallest absolute Gasteiger partial charge is 0.142 e. The molecule has 0 saturated heterocycles. The van der Waals surface area contributed by atoms with E-state index in [4.69, 9.17) is 4.74 Å². The van der Waals surface area contributed by atoms with Crippen molar-refractivity contribution in [2.24, 2.45) is 0 Å². The van der Waals surface area contributed by atoms with Gasteiger partial charge in [0.25, 0.3) is 0 Å². The van der Waals surface area contributed by atoms with Gasteiger partial charge in [-0.25, -0.2) is 0 Å². The van der Waals surface area contributed by atoms with Gasteiger partial charge >= 0.3 is 0 Å². The quantitative estimate of drug-likeness (QED) is 0.861. The van der Waals surface area contributed by atoms with Gasteiger partial charge in [-0.2, -0.15) is 0 Å². The SMILES string of the molecule is COc1cc(C)ccc1NCc1ccccc1. The minimum absolute atomic E-state index is 0.806. The van der Waals surface area contributed by atoms with Crippen molar-refractivity contribution < 1.29 is 4.74 Å². The normalized spacial score (nSPS) is 10.0. The fourth-order valence-electron chi connectivity index (χ4n) is 1.74. The molecule has 1 N–H and O–H groups in total. The Morgan fingerprint density at radius 2 is 1.82 bits per heavy atom. The first-order valence-corrected chi connectivity index (χ1v) is 5.72. The first kappa shape index (κ1) is 11.5. The van der Waals surface area contributed by atoms with Crippen LogP contribution in [0.1, 0.15) is 11.1 Å². The summed E-state index contributed by atoms with van der Waals surface area (Å²) in [6, 6.07) is 16.5. The van der Waals surface area contributed by atoms with Gasteiger partial charge < -0.3 is 10.1 Å². The monoisotopic (exact) mass is 227 g/mol. The van der Waals surface area contributed by atoms with Crippen molar-refractivity contribution in [2.45, 2.75) is 13.5 Å². The largest absolute Gasteiger partial charge is 0.495 e. The Morgan fingerprint density at radius 3 is 2.53 bits per heavy atom. The molecular weight excluding hydrogens is 210 g/mol. The minimum Gasteiger partial charge on any atom is -0.495 e. The molecule has 2 aromatic rings. The zero-order valence-corrected chi connectivity index (χ0v) is 10.2. The molecule has 0 unspecified atom stereocenters. The predicted molar refractivity (Wildman–Crippen MR) is 71.5 cm³/mol. The maximum absolute atomic E-state index is 5.35. The Hall–Kier alpha value is -1.96. The van der Waals surface area contributed by atoms with Crippen molar-refractivity contribution in [3.8, 4) is 5.75 Å². The van der Waals surface area contributed by atoms with E-state index in [1.165, 1.54) is 11.1 Å². The lowest BCUT2D eigenvalue weighted by Crippen LogP contribution is -2.01. The van der Waals surface area contributed by atoms with E-state index in [1.54, 1.807) is 7.11 Å². The van der Waals surface area contributed by atoms with E-state index in [9.17, 15) is 0 Å². The molecule has 0 spiro atoms. The first-order valence-electron chi connectivity index (χ1n) is 5.72. The molecular formula is C15H17NO. The molecule has 17 heavy (non-hydrogen) atoms. The molecule has 0 aliphatic heterocycles. The number of benzene rings is 2. The van der Waals surface area contributed by atoms with Crippen LogP contribution in [0, 0.1) is 6.92 Å². The summed E-state index contributed by atoms with van der Waals surface area (Å²) >= 11 is 0. The molecule has 88 valence electrons. The number of nitrogens with one attached hydrogen (secondary N) is 1. The van der Waals surface area contributed by atoms with Crippen molar-refractivity contribution in [3.05, 3.63) is 59.7 Å². The van der Waals surface area contributed by atoms with Crippen LogP contribution < -0.4 is 10.1 Å². The van der Waals surface area contributed by atoms with Gasteiger partial charge in [-0.05, 0) is 30.2 Å². The first-order chi connectivity index (χ1) is 8.29. The topological polar surface area (TPSA) is 21.3 Å². The van der Waals surface area contributed by atoms with Gasteiger partial charge in [0, 0.05) is 6.54 Å². The fraction of sp³-hybridized carbons (Fsp3) is 0.200. The third-order valence-corrected chi connectivity index (χ3v) is 2.68. The van der Waals surface area contributed by atoms with Crippen LogP contribution in [0.25, 0.3) is 0 Å². The highest BCUT2D eigenvalue weighted by atomic mass is 16.5. The molecule has 0 fully saturated rings. The van der Waals surface area contributed by atoms with Crippen LogP contribution in [0.15, 0.2) is 48.5 Å². The van der Waals surface area contributed by atoms with Gasteiger partial charge in [-0.3, -0.25) is 0 Å². The Morgan fingerprint density at radius 1 is 1.06 bits per heavy atom. The van der Waals surface area contributed by atoms with Gasteiger partial charge in [-0.15, -0.1) is 0 Å². The third-order valence-electron chi connectivity index (χ3n) is 2.68. The van der Waals surface area contributed by atoms with Crippen molar-refractivity contribution >= 4 is 5.69 Å². The lowest BCUT2D eigenvalue weighted by Gasteiger charge is -2.11. The predicted octanol–water partition coefficient (Wildman–Crippen LogP) is 3.62. The maximum Gasteiger partial charge on any atom is 0.142 e. The number of hydrogen-bond acceptors (Lipinski definition) is 2. The second kappa shape index (κ2) is 5.39. The van der Waals surface area contributed by atoms with Gasteiger partial charge in [0.15, 0.2) is 0 Å². The maximum atomic E-state index is 5.35. The lowest BCUT2D eigenvalue weighted by atomic mass is 10.2. The van der Waals surface area contributed by atoms with Gasteiger partial charge in [-0.1, -0.05) is 36.4 Å². The van der Waals surface area contributed by atoms with Crippen LogP contribution in [-0.2, 0) is 6.54 Å². The summed E-state index contributed by atoms with van der Waals surface area (Å²) in [5.74, 6) is 0.890. The number of rotatable bonds is 4. The molecule has 0 aliphatic carbocycles. The van der Waals surface area contributed by atoms with Crippen LogP contribution in [0.2, 0.25) is 0 Å². The number of ether oxygens (including phenoxy) is 1. The van der Waals surface area contributed by atoms with E-state index >= 15 is 0 Å². The van der Waals surface area contributed by atoms with Crippen LogP contribution in [-0.4, -0.2) is 7.11 Å². The van der Waals surface area contributed by atoms with Crippen LogP contribution in [0.4, 0.5) is 5.69 Å². The van der Waals surface area contributed by atoms with Crippen LogP contribution >= 0.6 is 0 Å². The highest BCUT2D eigenvalue weighted by molar-refractivity contribution is 5.57. The summed E-state index contributed by atoms with van der Waals surface area (Å²) in [5.41, 5.74) is 3.49. The Labute approximate surface area is 102 Å². The van der Waals surface area contributed by atoms with Crippen molar-refractivity contribution in [1.82, 2.24) is 0 Å². The summed E-state index contributed by atoms with van der Waals surface area (Å²) in [5, 5.41) is 3.38. The van der Waals surface area contributed by atoms with E-state index in [2.05, 4.69) is 36.5 Å². The van der Waals surface area contributed by atoms with Gasteiger partial charge in [0.2, 0.25) is 0 Å². The molecule has 2 aromatic carbocycles. The summed E-state index contributed by atoms with van der Waals surface area (Å²) in [4.78, 5) is 0. The average molecular weight is 227 g/mol. The molecule has 0 amide bonds. The standard InChI is InChI=1S/C15H17NO/c1-12-8-9-14(15(10-12)17-2)16-11-13-6-4-3-5-7-13/h3-10,16H,11H2,1-2H3. The molecule has 2 nitrogen and oxygen atoms in total. The molecule has 0 heterocycles. The highest BCUT2D eigenvalue weighted by Gasteiger charge is 2.02. The summed E-state index contributed by atoms with van der Waals surface area (Å²) in [6.07, 6.45) is 0. The van der Waals surface area contributed by atoms with Crippen molar-refractivity contribution in [3.63, 3.8) is 0 Å². The van der Waals surface area contributed by atoms with E-state index < -0.39 is 0 Å². The Kier molecular flexibility index (Phi) is 3.66. The summed E-state index contributed by atoms with van der Waals surface area (Å²) in [7, 11) is 1.70. The molecule has 0 bridgehead atoms. The third kappa shape index (κ3) is 3.00. The fourth-order valence-corrected chi connectivity index (χ4v) is 1.74. The molecule has 0 aromatic heterocycles. The molecule has 2 heteroatoms. The van der Waals surface area contributed by atoms with Crippen LogP contribution in [0.5, 0.6) is 5.75 Å². The zero-order chi connectivity index (χ0) is 12.1. The second-order valence-corrected chi connectivity index (χ2v) is 4.04. The number of anilines is 1. The van der Waals surface area contributed by atoms with Gasteiger partial charge in [0.1, 0.15) is 5.75 Å². The zero-order valence-electron chi connectivity index (χ0n) is 10.2. The van der Waals surface area contributed by atoms with E-state index in [1.807, 2.05) is 24.3 Å². The molecule has 0 atom stereocenters. The summed E-state index contributed by atoms with van der Waals surface area (Å²) < 4.78 is 5.35. The lowest BCUT2D eigenvalue weighted by molar-refractivity contribution is 0.416. The number of methoxy groups -OCH3 is 1. The molecule has 0 saturated carbocycles. The van der Waals surface area contributed by atoms with Crippen molar-refractivity contribution in [1.29, 1.82) is 0 Å². The average Bonchev–Trinajstić information content (AvgIpc) is 2.38. The van der Waals surface area contributed by atoms with Crippen molar-refractivity contribution in [2.75, 3.05) is 12.4 Å². The Bertz CT molecular complexity index is 480. The highest BCUT2D eigenvalue weighted by Crippen LogP contribution is 2.25. The Balaban J connectivity index is 2.09. The van der Waals surface area contributed by atoms with Gasteiger partial charge in [0.05, 0.1) is 12.8 Å². The van der Waals surface area contributed by atoms with E-state index in [0.717, 1.165) is 18.0 Å².